The average Bonchev–Trinajstić information content (AvgIpc) is 2.94. The third-order valence-electron chi connectivity index (χ3n) is 4.79. The summed E-state index contributed by atoms with van der Waals surface area (Å²) in [5, 5.41) is 4.81. The fourth-order valence-corrected chi connectivity index (χ4v) is 3.43. The van der Waals surface area contributed by atoms with Crippen molar-refractivity contribution < 1.29 is 4.74 Å². The number of piperidine rings is 1. The van der Waals surface area contributed by atoms with Crippen LogP contribution in [0.4, 0.5) is 0 Å². The second-order valence-corrected chi connectivity index (χ2v) is 7.04. The molecule has 0 N–H and O–H groups in total. The van der Waals surface area contributed by atoms with Gasteiger partial charge in [0, 0.05) is 25.2 Å². The van der Waals surface area contributed by atoms with E-state index in [1.54, 1.807) is 7.11 Å². The van der Waals surface area contributed by atoms with E-state index < -0.39 is 0 Å². The molecule has 6 heteroatoms. The number of likely N-dealkylation sites (tertiary alicyclic amines) is 1. The third-order valence-corrected chi connectivity index (χ3v) is 5.22. The minimum Gasteiger partial charge on any atom is -0.497 e. The molecule has 3 rings (SSSR count). The molecule has 1 aromatic carbocycles. The van der Waals surface area contributed by atoms with Crippen LogP contribution in [0.5, 0.6) is 5.75 Å². The topological polar surface area (TPSA) is 35.2 Å². The standard InChI is InChI=1S/C19H26N4OS/c1-4-11-22-18(16-5-7-17(24-3)8-6-16)20-23(19(22)25)14-21-12-9-15(2)10-13-21/h4-8,15H,1,9-14H2,2-3H3. The van der Waals surface area contributed by atoms with Gasteiger partial charge < -0.3 is 4.74 Å². The molecular formula is C19H26N4OS. The number of benzene rings is 1. The van der Waals surface area contributed by atoms with Crippen LogP contribution in [0.2, 0.25) is 0 Å². The van der Waals surface area contributed by atoms with Crippen LogP contribution in [0.1, 0.15) is 19.8 Å². The zero-order chi connectivity index (χ0) is 17.8. The Bertz CT molecular complexity index is 770. The van der Waals surface area contributed by atoms with Gasteiger partial charge in [-0.1, -0.05) is 13.0 Å². The lowest BCUT2D eigenvalue weighted by Gasteiger charge is -2.29. The highest BCUT2D eigenvalue weighted by Crippen LogP contribution is 2.23. The van der Waals surface area contributed by atoms with Crippen molar-refractivity contribution in [1.29, 1.82) is 0 Å². The summed E-state index contributed by atoms with van der Waals surface area (Å²) < 4.78 is 9.96. The van der Waals surface area contributed by atoms with E-state index in [0.29, 0.717) is 6.54 Å². The van der Waals surface area contributed by atoms with Gasteiger partial charge in [0.15, 0.2) is 10.6 Å². The van der Waals surface area contributed by atoms with E-state index in [0.717, 1.165) is 47.6 Å². The molecule has 0 bridgehead atoms. The van der Waals surface area contributed by atoms with Gasteiger partial charge in [0.25, 0.3) is 0 Å². The molecule has 1 aromatic heterocycles. The van der Waals surface area contributed by atoms with Gasteiger partial charge in [-0.25, -0.2) is 4.68 Å². The molecule has 0 spiro atoms. The highest BCUT2D eigenvalue weighted by Gasteiger charge is 2.18. The number of rotatable bonds is 6. The predicted octanol–water partition coefficient (Wildman–Crippen LogP) is 3.97. The second kappa shape index (κ2) is 7.97. The van der Waals surface area contributed by atoms with Crippen molar-refractivity contribution in [3.05, 3.63) is 41.7 Å². The van der Waals surface area contributed by atoms with Crippen molar-refractivity contribution in [1.82, 2.24) is 19.2 Å². The van der Waals surface area contributed by atoms with Crippen LogP contribution in [-0.4, -0.2) is 39.4 Å². The maximum Gasteiger partial charge on any atom is 0.199 e. The van der Waals surface area contributed by atoms with E-state index in [-0.39, 0.29) is 0 Å². The molecule has 2 heterocycles. The maximum absolute atomic E-state index is 5.68. The summed E-state index contributed by atoms with van der Waals surface area (Å²) in [4.78, 5) is 2.43. The third kappa shape index (κ3) is 4.02. The predicted molar refractivity (Wildman–Crippen MR) is 103 cm³/mol. The molecule has 134 valence electrons. The van der Waals surface area contributed by atoms with Gasteiger partial charge in [0.05, 0.1) is 13.8 Å². The van der Waals surface area contributed by atoms with Crippen molar-refractivity contribution in [2.45, 2.75) is 33.0 Å². The number of nitrogens with zero attached hydrogens (tertiary/aromatic N) is 4. The van der Waals surface area contributed by atoms with Crippen LogP contribution in [0.15, 0.2) is 36.9 Å². The molecule has 5 nitrogen and oxygen atoms in total. The number of hydrogen-bond donors (Lipinski definition) is 0. The van der Waals surface area contributed by atoms with E-state index >= 15 is 0 Å². The lowest BCUT2D eigenvalue weighted by Crippen LogP contribution is -2.34. The summed E-state index contributed by atoms with van der Waals surface area (Å²) in [6, 6.07) is 7.92. The SMILES string of the molecule is C=CCn1c(-c2ccc(OC)cc2)nn(CN2CCC(C)CC2)c1=S. The van der Waals surface area contributed by atoms with Gasteiger partial charge in [0.2, 0.25) is 0 Å². The Morgan fingerprint density at radius 2 is 1.96 bits per heavy atom. The summed E-state index contributed by atoms with van der Waals surface area (Å²) in [6.07, 6.45) is 4.34. The Hall–Kier alpha value is -1.92. The molecule has 0 amide bonds. The van der Waals surface area contributed by atoms with Crippen molar-refractivity contribution in [3.63, 3.8) is 0 Å². The fourth-order valence-electron chi connectivity index (χ4n) is 3.17. The highest BCUT2D eigenvalue weighted by atomic mass is 32.1. The van der Waals surface area contributed by atoms with Gasteiger partial charge >= 0.3 is 0 Å². The first kappa shape index (κ1) is 17.9. The van der Waals surface area contributed by atoms with Crippen LogP contribution in [-0.2, 0) is 13.2 Å². The molecule has 2 aromatic rings. The van der Waals surface area contributed by atoms with E-state index in [2.05, 4.69) is 18.4 Å². The van der Waals surface area contributed by atoms with Crippen molar-refractivity contribution in [2.75, 3.05) is 20.2 Å². The summed E-state index contributed by atoms with van der Waals surface area (Å²) in [7, 11) is 1.67. The molecule has 0 saturated carbocycles. The molecule has 1 saturated heterocycles. The van der Waals surface area contributed by atoms with Gasteiger partial charge in [0.1, 0.15) is 5.75 Å². The lowest BCUT2D eigenvalue weighted by atomic mass is 10.00. The summed E-state index contributed by atoms with van der Waals surface area (Å²) in [5.74, 6) is 2.52. The Morgan fingerprint density at radius 1 is 1.28 bits per heavy atom. The van der Waals surface area contributed by atoms with Crippen LogP contribution in [0.25, 0.3) is 11.4 Å². The Balaban J connectivity index is 1.89. The quantitative estimate of drug-likeness (QED) is 0.578. The number of aromatic nitrogens is 3. The van der Waals surface area contributed by atoms with Crippen molar-refractivity contribution in [2.24, 2.45) is 5.92 Å². The summed E-state index contributed by atoms with van der Waals surface area (Å²) in [5.41, 5.74) is 1.03. The summed E-state index contributed by atoms with van der Waals surface area (Å²) >= 11 is 5.68. The smallest absolute Gasteiger partial charge is 0.199 e. The summed E-state index contributed by atoms with van der Waals surface area (Å²) in [6.45, 7) is 9.79. The molecule has 0 radical (unpaired) electrons. The minimum atomic E-state index is 0.650. The van der Waals surface area contributed by atoms with Crippen LogP contribution in [0.3, 0.4) is 0 Å². The molecular weight excluding hydrogens is 332 g/mol. The normalized spacial score (nSPS) is 16.1. The van der Waals surface area contributed by atoms with Gasteiger partial charge in [-0.2, -0.15) is 5.10 Å². The molecule has 0 unspecified atom stereocenters. The zero-order valence-electron chi connectivity index (χ0n) is 15.0. The number of allylic oxidation sites excluding steroid dienone is 1. The van der Waals surface area contributed by atoms with Crippen molar-refractivity contribution in [3.8, 4) is 17.1 Å². The average molecular weight is 359 g/mol. The van der Waals surface area contributed by atoms with Gasteiger partial charge in [-0.05, 0) is 55.2 Å². The molecule has 1 fully saturated rings. The largest absolute Gasteiger partial charge is 0.497 e. The van der Waals surface area contributed by atoms with E-state index in [4.69, 9.17) is 22.1 Å². The van der Waals surface area contributed by atoms with Crippen LogP contribution in [0, 0.1) is 10.7 Å². The first-order valence-electron chi connectivity index (χ1n) is 8.77. The zero-order valence-corrected chi connectivity index (χ0v) is 15.8. The lowest BCUT2D eigenvalue weighted by molar-refractivity contribution is 0.146. The number of ether oxygens (including phenoxy) is 1. The maximum atomic E-state index is 5.68. The number of hydrogen-bond acceptors (Lipinski definition) is 4. The fraction of sp³-hybridized carbons (Fsp3) is 0.474. The van der Waals surface area contributed by atoms with E-state index in [1.165, 1.54) is 12.8 Å². The highest BCUT2D eigenvalue weighted by molar-refractivity contribution is 7.71. The van der Waals surface area contributed by atoms with Crippen LogP contribution >= 0.6 is 12.2 Å². The molecule has 0 atom stereocenters. The van der Waals surface area contributed by atoms with E-state index in [1.807, 2.05) is 39.6 Å². The second-order valence-electron chi connectivity index (χ2n) is 6.68. The van der Waals surface area contributed by atoms with Crippen molar-refractivity contribution >= 4 is 12.2 Å². The Kier molecular flexibility index (Phi) is 5.71. The van der Waals surface area contributed by atoms with Crippen LogP contribution < -0.4 is 4.74 Å². The Labute approximate surface area is 154 Å². The molecule has 1 aliphatic heterocycles. The molecule has 0 aliphatic carbocycles. The molecule has 1 aliphatic rings. The Morgan fingerprint density at radius 3 is 2.56 bits per heavy atom. The van der Waals surface area contributed by atoms with Gasteiger partial charge in [-0.3, -0.25) is 9.47 Å². The van der Waals surface area contributed by atoms with Gasteiger partial charge in [-0.15, -0.1) is 6.58 Å². The molecule has 25 heavy (non-hydrogen) atoms. The van der Waals surface area contributed by atoms with E-state index in [9.17, 15) is 0 Å². The number of methoxy groups -OCH3 is 1. The minimum absolute atomic E-state index is 0.650. The first-order valence-corrected chi connectivity index (χ1v) is 9.18. The monoisotopic (exact) mass is 358 g/mol. The first-order chi connectivity index (χ1) is 12.1.